The first-order chi connectivity index (χ1) is 15.0. The molecule has 0 aliphatic rings. The van der Waals surface area contributed by atoms with E-state index in [2.05, 4.69) is 20.6 Å². The van der Waals surface area contributed by atoms with Gasteiger partial charge in [0, 0.05) is 18.7 Å². The Labute approximate surface area is 204 Å². The Morgan fingerprint density at radius 1 is 1.16 bits per heavy atom. The topological polar surface area (TPSA) is 91.9 Å². The van der Waals surface area contributed by atoms with Crippen LogP contribution in [-0.4, -0.2) is 41.9 Å². The lowest BCUT2D eigenvalue weighted by atomic mass is 10.1. The van der Waals surface area contributed by atoms with E-state index in [4.69, 9.17) is 9.15 Å². The van der Waals surface area contributed by atoms with Crippen molar-refractivity contribution in [2.45, 2.75) is 26.5 Å². The third kappa shape index (κ3) is 8.12. The second-order valence-electron chi connectivity index (χ2n) is 7.00. The van der Waals surface area contributed by atoms with E-state index in [-0.39, 0.29) is 42.9 Å². The van der Waals surface area contributed by atoms with E-state index >= 15 is 0 Å². The fourth-order valence-electron chi connectivity index (χ4n) is 2.71. The van der Waals surface area contributed by atoms with Crippen molar-refractivity contribution in [3.8, 4) is 17.2 Å². The molecular weight excluding hydrogens is 526 g/mol. The summed E-state index contributed by atoms with van der Waals surface area (Å²) in [5.74, 6) is 1.26. The van der Waals surface area contributed by atoms with E-state index in [1.54, 1.807) is 6.26 Å². The van der Waals surface area contributed by atoms with Crippen molar-refractivity contribution in [3.63, 3.8) is 0 Å². The molecule has 0 amide bonds. The van der Waals surface area contributed by atoms with Gasteiger partial charge in [-0.1, -0.05) is 17.7 Å². The van der Waals surface area contributed by atoms with Gasteiger partial charge in [0.2, 0.25) is 5.89 Å². The second kappa shape index (κ2) is 13.0. The molecule has 32 heavy (non-hydrogen) atoms. The highest BCUT2D eigenvalue weighted by Gasteiger charge is 2.09. The van der Waals surface area contributed by atoms with Gasteiger partial charge < -0.3 is 24.9 Å². The summed E-state index contributed by atoms with van der Waals surface area (Å²) in [7, 11) is 0. The molecule has 3 aromatic rings. The lowest BCUT2D eigenvalue weighted by Crippen LogP contribution is -2.42. The highest BCUT2D eigenvalue weighted by molar-refractivity contribution is 14.0. The van der Waals surface area contributed by atoms with E-state index in [9.17, 15) is 9.50 Å². The predicted molar refractivity (Wildman–Crippen MR) is 133 cm³/mol. The Morgan fingerprint density at radius 3 is 2.56 bits per heavy atom. The largest absolute Gasteiger partial charge is 0.491 e. The summed E-state index contributed by atoms with van der Waals surface area (Å²) >= 11 is 0. The number of halogens is 2. The highest BCUT2D eigenvalue weighted by Crippen LogP contribution is 2.19. The molecule has 1 atom stereocenters. The summed E-state index contributed by atoms with van der Waals surface area (Å²) in [6, 6.07) is 13.6. The molecule has 1 unspecified atom stereocenters. The SMILES string of the molecule is CCNC(=NCc1coc(-c2ccc(C)cc2)n1)NCC(O)COc1ccc(F)cc1.I. The van der Waals surface area contributed by atoms with Crippen LogP contribution in [0.5, 0.6) is 5.75 Å². The normalized spacial score (nSPS) is 12.1. The second-order valence-corrected chi connectivity index (χ2v) is 7.00. The zero-order valence-corrected chi connectivity index (χ0v) is 20.4. The molecule has 0 saturated carbocycles. The number of aliphatic hydroxyl groups excluding tert-OH is 1. The Bertz CT molecular complexity index is 978. The van der Waals surface area contributed by atoms with Crippen molar-refractivity contribution >= 4 is 29.9 Å². The van der Waals surface area contributed by atoms with Crippen molar-refractivity contribution < 1.29 is 18.7 Å². The van der Waals surface area contributed by atoms with Crippen LogP contribution in [0.3, 0.4) is 0 Å². The molecule has 0 fully saturated rings. The number of aryl methyl sites for hydroxylation is 1. The minimum Gasteiger partial charge on any atom is -0.491 e. The number of oxazole rings is 1. The number of hydrogen-bond acceptors (Lipinski definition) is 5. The van der Waals surface area contributed by atoms with Gasteiger partial charge in [-0.25, -0.2) is 14.4 Å². The molecule has 0 bridgehead atoms. The zero-order valence-electron chi connectivity index (χ0n) is 18.0. The molecule has 2 aromatic carbocycles. The van der Waals surface area contributed by atoms with Crippen LogP contribution in [0.4, 0.5) is 4.39 Å². The van der Waals surface area contributed by atoms with Gasteiger partial charge in [-0.05, 0) is 50.2 Å². The van der Waals surface area contributed by atoms with Crippen molar-refractivity contribution in [2.75, 3.05) is 19.7 Å². The van der Waals surface area contributed by atoms with Gasteiger partial charge in [0.25, 0.3) is 0 Å². The van der Waals surface area contributed by atoms with Crippen LogP contribution in [0.15, 0.2) is 64.2 Å². The standard InChI is InChI=1S/C23H27FN4O3.HI/c1-3-25-23(27-13-20(29)15-30-21-10-8-18(24)9-11-21)26-12-19-14-31-22(28-19)17-6-4-16(2)5-7-17;/h4-11,14,20,29H,3,12-13,15H2,1-2H3,(H2,25,26,27);1H. The maximum atomic E-state index is 12.9. The molecule has 0 aliphatic carbocycles. The van der Waals surface area contributed by atoms with Crippen LogP contribution in [0.1, 0.15) is 18.2 Å². The van der Waals surface area contributed by atoms with Gasteiger partial charge in [-0.3, -0.25) is 0 Å². The summed E-state index contributed by atoms with van der Waals surface area (Å²) in [4.78, 5) is 8.96. The molecule has 0 radical (unpaired) electrons. The monoisotopic (exact) mass is 554 g/mol. The number of benzene rings is 2. The number of rotatable bonds is 9. The third-order valence-electron chi connectivity index (χ3n) is 4.35. The summed E-state index contributed by atoms with van der Waals surface area (Å²) in [6.07, 6.45) is 0.822. The van der Waals surface area contributed by atoms with Crippen LogP contribution in [0, 0.1) is 12.7 Å². The number of nitrogens with one attached hydrogen (secondary N) is 2. The minimum atomic E-state index is -0.769. The van der Waals surface area contributed by atoms with Gasteiger partial charge >= 0.3 is 0 Å². The summed E-state index contributed by atoms with van der Waals surface area (Å²) < 4.78 is 23.9. The van der Waals surface area contributed by atoms with E-state index in [0.717, 1.165) is 5.56 Å². The Morgan fingerprint density at radius 2 is 1.88 bits per heavy atom. The zero-order chi connectivity index (χ0) is 22.1. The number of nitrogens with zero attached hydrogens (tertiary/aromatic N) is 2. The molecule has 172 valence electrons. The fourth-order valence-corrected chi connectivity index (χ4v) is 2.71. The van der Waals surface area contributed by atoms with Crippen LogP contribution in [0.2, 0.25) is 0 Å². The molecule has 0 aliphatic heterocycles. The summed E-state index contributed by atoms with van der Waals surface area (Å²) in [5.41, 5.74) is 2.79. The lowest BCUT2D eigenvalue weighted by molar-refractivity contribution is 0.110. The van der Waals surface area contributed by atoms with Crippen LogP contribution in [-0.2, 0) is 6.54 Å². The van der Waals surface area contributed by atoms with Crippen LogP contribution in [0.25, 0.3) is 11.5 Å². The van der Waals surface area contributed by atoms with Crippen LogP contribution < -0.4 is 15.4 Å². The Hall–Kier alpha value is -2.66. The maximum absolute atomic E-state index is 12.9. The number of aliphatic hydroxyl groups is 1. The van der Waals surface area contributed by atoms with E-state index < -0.39 is 6.10 Å². The van der Waals surface area contributed by atoms with Gasteiger partial charge in [-0.15, -0.1) is 24.0 Å². The number of aliphatic imine (C=N–C) groups is 1. The predicted octanol–water partition coefficient (Wildman–Crippen LogP) is 3.90. The molecule has 3 rings (SSSR count). The fraction of sp³-hybridized carbons (Fsp3) is 0.304. The summed E-state index contributed by atoms with van der Waals surface area (Å²) in [6.45, 7) is 5.29. The quantitative estimate of drug-likeness (QED) is 0.211. The van der Waals surface area contributed by atoms with Crippen molar-refractivity contribution in [1.82, 2.24) is 15.6 Å². The molecular formula is C23H28FIN4O3. The number of ether oxygens (including phenoxy) is 1. The van der Waals surface area contributed by atoms with Crippen LogP contribution >= 0.6 is 24.0 Å². The Balaban J connectivity index is 0.00000363. The average Bonchev–Trinajstić information content (AvgIpc) is 3.25. The van der Waals surface area contributed by atoms with Crippen molar-refractivity contribution in [2.24, 2.45) is 4.99 Å². The van der Waals surface area contributed by atoms with Crippen molar-refractivity contribution in [1.29, 1.82) is 0 Å². The average molecular weight is 554 g/mol. The van der Waals surface area contributed by atoms with Gasteiger partial charge in [0.05, 0.1) is 6.54 Å². The van der Waals surface area contributed by atoms with E-state index in [1.807, 2.05) is 38.1 Å². The number of guanidine groups is 1. The molecule has 1 heterocycles. The third-order valence-corrected chi connectivity index (χ3v) is 4.35. The molecule has 1 aromatic heterocycles. The maximum Gasteiger partial charge on any atom is 0.226 e. The van der Waals surface area contributed by atoms with E-state index in [0.29, 0.717) is 36.4 Å². The molecule has 0 saturated heterocycles. The number of aromatic nitrogens is 1. The first-order valence-corrected chi connectivity index (χ1v) is 10.1. The first-order valence-electron chi connectivity index (χ1n) is 10.1. The Kier molecular flexibility index (Phi) is 10.4. The lowest BCUT2D eigenvalue weighted by Gasteiger charge is -2.15. The first kappa shape index (κ1) is 25.6. The molecule has 0 spiro atoms. The van der Waals surface area contributed by atoms with Gasteiger partial charge in [0.1, 0.15) is 36.2 Å². The van der Waals surface area contributed by atoms with Gasteiger partial charge in [-0.2, -0.15) is 0 Å². The molecule has 7 nitrogen and oxygen atoms in total. The van der Waals surface area contributed by atoms with E-state index in [1.165, 1.54) is 29.8 Å². The minimum absolute atomic E-state index is 0. The summed E-state index contributed by atoms with van der Waals surface area (Å²) in [5, 5.41) is 16.3. The van der Waals surface area contributed by atoms with Crippen molar-refractivity contribution in [3.05, 3.63) is 71.9 Å². The molecule has 9 heteroatoms. The number of hydrogen-bond donors (Lipinski definition) is 3. The molecule has 3 N–H and O–H groups in total. The highest BCUT2D eigenvalue weighted by atomic mass is 127. The smallest absolute Gasteiger partial charge is 0.226 e. The van der Waals surface area contributed by atoms with Gasteiger partial charge in [0.15, 0.2) is 5.96 Å².